The third-order valence-electron chi connectivity index (χ3n) is 5.23. The van der Waals surface area contributed by atoms with Gasteiger partial charge in [-0.1, -0.05) is 37.6 Å². The number of carbonyl (C=O) groups excluding carboxylic acids is 1. The zero-order valence-electron chi connectivity index (χ0n) is 16.4. The quantitative estimate of drug-likeness (QED) is 0.687. The van der Waals surface area contributed by atoms with Crippen molar-refractivity contribution in [2.45, 2.75) is 37.5 Å². The van der Waals surface area contributed by atoms with Gasteiger partial charge in [0.05, 0.1) is 10.6 Å². The molecule has 8 heteroatoms. The molecule has 0 radical (unpaired) electrons. The largest absolute Gasteiger partial charge is 0.506 e. The molecule has 29 heavy (non-hydrogen) atoms. The first kappa shape index (κ1) is 21.6. The zero-order valence-corrected chi connectivity index (χ0v) is 18.0. The third kappa shape index (κ3) is 4.91. The van der Waals surface area contributed by atoms with E-state index in [-0.39, 0.29) is 41.2 Å². The number of piperidine rings is 1. The smallest absolute Gasteiger partial charge is 0.243 e. The second-order valence-electron chi connectivity index (χ2n) is 7.55. The lowest BCUT2D eigenvalue weighted by molar-refractivity contribution is -0.120. The maximum Gasteiger partial charge on any atom is 0.243 e. The molecule has 0 saturated carbocycles. The Labute approximate surface area is 176 Å². The summed E-state index contributed by atoms with van der Waals surface area (Å²) in [6, 6.07) is 11.4. The zero-order chi connectivity index (χ0) is 21.2. The molecular formula is C21H25ClN2O4S. The van der Waals surface area contributed by atoms with Crippen LogP contribution in [0.15, 0.2) is 47.4 Å². The highest BCUT2D eigenvalue weighted by Crippen LogP contribution is 2.29. The third-order valence-corrected chi connectivity index (χ3v) is 7.37. The van der Waals surface area contributed by atoms with Crippen molar-refractivity contribution in [2.75, 3.05) is 18.4 Å². The molecule has 1 saturated heterocycles. The molecule has 1 amide bonds. The number of sulfonamides is 1. The van der Waals surface area contributed by atoms with Crippen molar-refractivity contribution in [3.63, 3.8) is 0 Å². The number of hydrogen-bond donors (Lipinski definition) is 2. The molecular weight excluding hydrogens is 412 g/mol. The highest BCUT2D eigenvalue weighted by molar-refractivity contribution is 7.89. The van der Waals surface area contributed by atoms with Gasteiger partial charge >= 0.3 is 0 Å². The summed E-state index contributed by atoms with van der Waals surface area (Å²) in [5, 5.41) is 12.9. The van der Waals surface area contributed by atoms with E-state index in [0.717, 1.165) is 5.56 Å². The number of phenolic OH excluding ortho intramolecular Hbond substituents is 1. The Morgan fingerprint density at radius 2 is 1.76 bits per heavy atom. The maximum absolute atomic E-state index is 12.9. The molecule has 6 nitrogen and oxygen atoms in total. The van der Waals surface area contributed by atoms with Gasteiger partial charge in [-0.05, 0) is 54.7 Å². The van der Waals surface area contributed by atoms with Crippen molar-refractivity contribution in [1.82, 2.24) is 4.31 Å². The van der Waals surface area contributed by atoms with Crippen LogP contribution in [0.1, 0.15) is 38.2 Å². The van der Waals surface area contributed by atoms with Crippen LogP contribution in [0.4, 0.5) is 5.69 Å². The van der Waals surface area contributed by atoms with Crippen LogP contribution >= 0.6 is 11.6 Å². The number of benzene rings is 2. The Hall–Kier alpha value is -2.09. The fourth-order valence-electron chi connectivity index (χ4n) is 3.38. The molecule has 2 aromatic carbocycles. The minimum atomic E-state index is -3.58. The molecule has 0 bridgehead atoms. The predicted octanol–water partition coefficient (Wildman–Crippen LogP) is 4.21. The molecule has 1 fully saturated rings. The van der Waals surface area contributed by atoms with Gasteiger partial charge in [0.1, 0.15) is 5.75 Å². The molecule has 0 aromatic heterocycles. The topological polar surface area (TPSA) is 86.7 Å². The number of anilines is 1. The van der Waals surface area contributed by atoms with Gasteiger partial charge in [0.15, 0.2) is 0 Å². The molecule has 0 aliphatic carbocycles. The molecule has 3 rings (SSSR count). The van der Waals surface area contributed by atoms with Crippen molar-refractivity contribution in [3.05, 3.63) is 53.1 Å². The van der Waals surface area contributed by atoms with Gasteiger partial charge in [-0.3, -0.25) is 4.79 Å². The van der Waals surface area contributed by atoms with Gasteiger partial charge < -0.3 is 10.4 Å². The lowest BCUT2D eigenvalue weighted by Crippen LogP contribution is -2.41. The minimum absolute atomic E-state index is 0.0624. The van der Waals surface area contributed by atoms with Crippen LogP contribution in [0.5, 0.6) is 5.75 Å². The van der Waals surface area contributed by atoms with Gasteiger partial charge in [0.2, 0.25) is 15.9 Å². The van der Waals surface area contributed by atoms with E-state index in [0.29, 0.717) is 23.8 Å². The first-order valence-corrected chi connectivity index (χ1v) is 11.4. The second-order valence-corrected chi connectivity index (χ2v) is 9.93. The van der Waals surface area contributed by atoms with Gasteiger partial charge in [-0.15, -0.1) is 0 Å². The van der Waals surface area contributed by atoms with Crippen LogP contribution in [-0.2, 0) is 14.8 Å². The van der Waals surface area contributed by atoms with E-state index in [9.17, 15) is 18.3 Å². The molecule has 2 N–H and O–H groups in total. The number of hydrogen-bond acceptors (Lipinski definition) is 4. The first-order valence-electron chi connectivity index (χ1n) is 9.58. The van der Waals surface area contributed by atoms with Crippen LogP contribution in [0.2, 0.25) is 5.02 Å². The summed E-state index contributed by atoms with van der Waals surface area (Å²) in [6.45, 7) is 4.66. The summed E-state index contributed by atoms with van der Waals surface area (Å²) in [5.74, 6) is -0.309. The molecule has 1 aliphatic heterocycles. The average molecular weight is 437 g/mol. The first-order chi connectivity index (χ1) is 13.7. The SMILES string of the molecule is CC(C)c1ccc(S(=O)(=O)N2CCC(C(=O)Nc3cc(Cl)ccc3O)CC2)cc1. The van der Waals surface area contributed by atoms with Crippen molar-refractivity contribution >= 4 is 33.2 Å². The molecule has 2 aromatic rings. The lowest BCUT2D eigenvalue weighted by atomic mass is 9.97. The minimum Gasteiger partial charge on any atom is -0.506 e. The van der Waals surface area contributed by atoms with Crippen LogP contribution < -0.4 is 5.32 Å². The molecule has 156 valence electrons. The van der Waals surface area contributed by atoms with Gasteiger partial charge in [-0.25, -0.2) is 8.42 Å². The molecule has 1 heterocycles. The standard InChI is InChI=1S/C21H25ClN2O4S/c1-14(2)15-3-6-18(7-4-15)29(27,28)24-11-9-16(10-12-24)21(26)23-19-13-17(22)5-8-20(19)25/h3-8,13-14,16,25H,9-12H2,1-2H3,(H,23,26). The predicted molar refractivity (Wildman–Crippen MR) is 114 cm³/mol. The van der Waals surface area contributed by atoms with Crippen LogP contribution in [0, 0.1) is 5.92 Å². The number of nitrogens with one attached hydrogen (secondary N) is 1. The second kappa shape index (κ2) is 8.73. The van der Waals surface area contributed by atoms with Gasteiger partial charge in [0, 0.05) is 24.0 Å². The van der Waals surface area contributed by atoms with Crippen LogP contribution in [0.25, 0.3) is 0 Å². The highest BCUT2D eigenvalue weighted by atomic mass is 35.5. The van der Waals surface area contributed by atoms with E-state index < -0.39 is 10.0 Å². The van der Waals surface area contributed by atoms with Crippen molar-refractivity contribution in [1.29, 1.82) is 0 Å². The number of rotatable bonds is 5. The van der Waals surface area contributed by atoms with Gasteiger partial charge in [0.25, 0.3) is 0 Å². The monoisotopic (exact) mass is 436 g/mol. The number of carbonyl (C=O) groups is 1. The Morgan fingerprint density at radius 1 is 1.14 bits per heavy atom. The van der Waals surface area contributed by atoms with E-state index in [1.807, 2.05) is 12.1 Å². The summed E-state index contributed by atoms with van der Waals surface area (Å²) in [4.78, 5) is 12.8. The van der Waals surface area contributed by atoms with E-state index in [2.05, 4.69) is 19.2 Å². The fraction of sp³-hybridized carbons (Fsp3) is 0.381. The summed E-state index contributed by atoms with van der Waals surface area (Å²) < 4.78 is 27.2. The summed E-state index contributed by atoms with van der Waals surface area (Å²) in [7, 11) is -3.58. The number of phenols is 1. The van der Waals surface area contributed by atoms with E-state index >= 15 is 0 Å². The van der Waals surface area contributed by atoms with Gasteiger partial charge in [-0.2, -0.15) is 4.31 Å². The van der Waals surface area contributed by atoms with E-state index in [4.69, 9.17) is 11.6 Å². The van der Waals surface area contributed by atoms with E-state index in [1.165, 1.54) is 22.5 Å². The normalized spacial score (nSPS) is 16.1. The Bertz CT molecular complexity index is 982. The number of halogens is 1. The fourth-order valence-corrected chi connectivity index (χ4v) is 5.02. The highest BCUT2D eigenvalue weighted by Gasteiger charge is 2.32. The van der Waals surface area contributed by atoms with Crippen LogP contribution in [0.3, 0.4) is 0 Å². The number of aromatic hydroxyl groups is 1. The molecule has 1 aliphatic rings. The Balaban J connectivity index is 1.63. The molecule has 0 spiro atoms. The van der Waals surface area contributed by atoms with Crippen LogP contribution in [-0.4, -0.2) is 36.8 Å². The van der Waals surface area contributed by atoms with Crippen molar-refractivity contribution < 1.29 is 18.3 Å². The Morgan fingerprint density at radius 3 is 2.34 bits per heavy atom. The molecule has 0 atom stereocenters. The Kier molecular flexibility index (Phi) is 6.51. The summed E-state index contributed by atoms with van der Waals surface area (Å²) in [6.07, 6.45) is 0.826. The maximum atomic E-state index is 12.9. The lowest BCUT2D eigenvalue weighted by Gasteiger charge is -2.30. The van der Waals surface area contributed by atoms with E-state index in [1.54, 1.807) is 12.1 Å². The summed E-state index contributed by atoms with van der Waals surface area (Å²) >= 11 is 5.90. The number of amides is 1. The van der Waals surface area contributed by atoms with Crippen molar-refractivity contribution in [2.24, 2.45) is 5.92 Å². The summed E-state index contributed by atoms with van der Waals surface area (Å²) in [5.41, 5.74) is 1.34. The molecule has 0 unspecified atom stereocenters. The number of nitrogens with zero attached hydrogens (tertiary/aromatic N) is 1. The average Bonchev–Trinajstić information content (AvgIpc) is 2.71. The van der Waals surface area contributed by atoms with Crippen molar-refractivity contribution in [3.8, 4) is 5.75 Å².